The summed E-state index contributed by atoms with van der Waals surface area (Å²) in [6, 6.07) is 0. The summed E-state index contributed by atoms with van der Waals surface area (Å²) in [6.07, 6.45) is 4.12. The van der Waals surface area contributed by atoms with Gasteiger partial charge < -0.3 is 9.84 Å². The fourth-order valence-corrected chi connectivity index (χ4v) is 3.54. The van der Waals surface area contributed by atoms with Crippen LogP contribution in [0.3, 0.4) is 0 Å². The maximum absolute atomic E-state index is 9.24. The molecule has 1 fully saturated rings. The van der Waals surface area contributed by atoms with E-state index in [4.69, 9.17) is 4.74 Å². The molecule has 0 saturated carbocycles. The molecule has 5 atom stereocenters. The molecular formula is C16H32O2. The first-order chi connectivity index (χ1) is 8.28. The van der Waals surface area contributed by atoms with Crippen molar-refractivity contribution in [3.8, 4) is 0 Å². The molecule has 0 bridgehead atoms. The standard InChI is InChI=1S/C16H32O2/c1-11(2)7-12(3)8-13(4)9-14(5)15-16(6,10-17)18-15/h11-15,17H,7-10H2,1-6H3/t12?,13?,14?,15-,16-/m1/s1. The van der Waals surface area contributed by atoms with Crippen molar-refractivity contribution in [3.05, 3.63) is 0 Å². The predicted molar refractivity (Wildman–Crippen MR) is 76.5 cm³/mol. The van der Waals surface area contributed by atoms with Crippen LogP contribution < -0.4 is 0 Å². The highest BCUT2D eigenvalue weighted by Gasteiger charge is 2.54. The molecule has 1 rings (SSSR count). The maximum Gasteiger partial charge on any atom is 0.115 e. The highest BCUT2D eigenvalue weighted by molar-refractivity contribution is 5.01. The number of epoxide rings is 1. The Morgan fingerprint density at radius 1 is 1.00 bits per heavy atom. The van der Waals surface area contributed by atoms with E-state index in [0.29, 0.717) is 5.92 Å². The molecule has 18 heavy (non-hydrogen) atoms. The van der Waals surface area contributed by atoms with Crippen molar-refractivity contribution in [3.63, 3.8) is 0 Å². The summed E-state index contributed by atoms with van der Waals surface area (Å²) < 4.78 is 5.64. The van der Waals surface area contributed by atoms with Gasteiger partial charge in [0.15, 0.2) is 0 Å². The van der Waals surface area contributed by atoms with Gasteiger partial charge in [0, 0.05) is 0 Å². The predicted octanol–water partition coefficient (Wildman–Crippen LogP) is 3.87. The third kappa shape index (κ3) is 4.55. The summed E-state index contributed by atoms with van der Waals surface area (Å²) in [5, 5.41) is 9.24. The molecule has 1 aliphatic heterocycles. The van der Waals surface area contributed by atoms with Crippen molar-refractivity contribution in [1.82, 2.24) is 0 Å². The van der Waals surface area contributed by atoms with E-state index in [1.165, 1.54) is 19.3 Å². The molecule has 0 radical (unpaired) electrons. The lowest BCUT2D eigenvalue weighted by molar-refractivity contribution is 0.183. The molecule has 0 aliphatic carbocycles. The smallest absolute Gasteiger partial charge is 0.115 e. The van der Waals surface area contributed by atoms with E-state index in [0.717, 1.165) is 17.8 Å². The Morgan fingerprint density at radius 2 is 1.56 bits per heavy atom. The molecule has 2 heteroatoms. The Balaban J connectivity index is 2.26. The van der Waals surface area contributed by atoms with Gasteiger partial charge >= 0.3 is 0 Å². The minimum Gasteiger partial charge on any atom is -0.393 e. The van der Waals surface area contributed by atoms with Crippen molar-refractivity contribution in [2.45, 2.75) is 72.5 Å². The van der Waals surface area contributed by atoms with Gasteiger partial charge in [0.2, 0.25) is 0 Å². The zero-order valence-corrected chi connectivity index (χ0v) is 13.1. The van der Waals surface area contributed by atoms with Crippen LogP contribution >= 0.6 is 0 Å². The third-order valence-electron chi connectivity index (χ3n) is 4.22. The zero-order valence-electron chi connectivity index (χ0n) is 13.1. The molecule has 3 unspecified atom stereocenters. The fraction of sp³-hybridized carbons (Fsp3) is 1.00. The summed E-state index contributed by atoms with van der Waals surface area (Å²) in [5.41, 5.74) is -0.247. The van der Waals surface area contributed by atoms with Crippen LogP contribution in [0.2, 0.25) is 0 Å². The molecule has 108 valence electrons. The fourth-order valence-electron chi connectivity index (χ4n) is 3.54. The summed E-state index contributed by atoms with van der Waals surface area (Å²) in [6.45, 7) is 13.7. The number of rotatable bonds is 8. The van der Waals surface area contributed by atoms with Crippen LogP contribution in [0.15, 0.2) is 0 Å². The minimum absolute atomic E-state index is 0.153. The van der Waals surface area contributed by atoms with E-state index >= 15 is 0 Å². The minimum atomic E-state index is -0.247. The summed E-state index contributed by atoms with van der Waals surface area (Å²) >= 11 is 0. The number of aliphatic hydroxyl groups excluding tert-OH is 1. The maximum atomic E-state index is 9.24. The number of hydrogen-bond acceptors (Lipinski definition) is 2. The first-order valence-electron chi connectivity index (χ1n) is 7.57. The van der Waals surface area contributed by atoms with Crippen LogP contribution in [-0.4, -0.2) is 23.4 Å². The molecule has 1 N–H and O–H groups in total. The lowest BCUT2D eigenvalue weighted by atomic mass is 9.84. The van der Waals surface area contributed by atoms with Crippen LogP contribution in [-0.2, 0) is 4.74 Å². The monoisotopic (exact) mass is 256 g/mol. The van der Waals surface area contributed by atoms with Crippen LogP contribution in [0.5, 0.6) is 0 Å². The van der Waals surface area contributed by atoms with Gasteiger partial charge in [-0.3, -0.25) is 0 Å². The zero-order chi connectivity index (χ0) is 13.9. The van der Waals surface area contributed by atoms with E-state index in [1.54, 1.807) is 0 Å². The van der Waals surface area contributed by atoms with Crippen molar-refractivity contribution in [2.75, 3.05) is 6.61 Å². The van der Waals surface area contributed by atoms with E-state index < -0.39 is 0 Å². The number of ether oxygens (including phenoxy) is 1. The van der Waals surface area contributed by atoms with Gasteiger partial charge in [-0.25, -0.2) is 0 Å². The summed E-state index contributed by atoms with van der Waals surface area (Å²) in [4.78, 5) is 0. The second-order valence-electron chi connectivity index (χ2n) is 7.30. The second kappa shape index (κ2) is 6.38. The first kappa shape index (κ1) is 16.0. The molecule has 2 nitrogen and oxygen atoms in total. The topological polar surface area (TPSA) is 32.8 Å². The summed E-state index contributed by atoms with van der Waals surface area (Å²) in [5.74, 6) is 2.93. The first-order valence-corrected chi connectivity index (χ1v) is 7.57. The quantitative estimate of drug-likeness (QED) is 0.669. The van der Waals surface area contributed by atoms with Gasteiger partial charge in [-0.05, 0) is 49.9 Å². The molecule has 0 amide bonds. The van der Waals surface area contributed by atoms with Gasteiger partial charge in [0.1, 0.15) is 5.60 Å². The molecular weight excluding hydrogens is 224 g/mol. The lowest BCUT2D eigenvalue weighted by Gasteiger charge is -2.21. The van der Waals surface area contributed by atoms with Gasteiger partial charge in [-0.2, -0.15) is 0 Å². The molecule has 1 heterocycles. The van der Waals surface area contributed by atoms with Crippen LogP contribution in [0.25, 0.3) is 0 Å². The van der Waals surface area contributed by atoms with E-state index in [-0.39, 0.29) is 18.3 Å². The molecule has 0 aromatic rings. The van der Waals surface area contributed by atoms with E-state index in [2.05, 4.69) is 34.6 Å². The third-order valence-corrected chi connectivity index (χ3v) is 4.22. The normalized spacial score (nSPS) is 32.3. The van der Waals surface area contributed by atoms with Crippen molar-refractivity contribution in [1.29, 1.82) is 0 Å². The molecule has 0 spiro atoms. The SMILES string of the molecule is CC(C)CC(C)CC(C)CC(C)[C@H]1O[C@]1(C)CO. The molecule has 1 saturated heterocycles. The number of aliphatic hydroxyl groups is 1. The van der Waals surface area contributed by atoms with Crippen LogP contribution in [0.1, 0.15) is 60.8 Å². The second-order valence-corrected chi connectivity index (χ2v) is 7.30. The Morgan fingerprint density at radius 3 is 2.00 bits per heavy atom. The Bertz CT molecular complexity index is 251. The van der Waals surface area contributed by atoms with Gasteiger partial charge in [0.05, 0.1) is 12.7 Å². The Kier molecular flexibility index (Phi) is 5.67. The average Bonchev–Trinajstić information content (AvgIpc) is 2.90. The van der Waals surface area contributed by atoms with Crippen molar-refractivity contribution >= 4 is 0 Å². The van der Waals surface area contributed by atoms with Gasteiger partial charge in [0.25, 0.3) is 0 Å². The van der Waals surface area contributed by atoms with Crippen molar-refractivity contribution in [2.24, 2.45) is 23.7 Å². The number of hydrogen-bond donors (Lipinski definition) is 1. The van der Waals surface area contributed by atoms with Gasteiger partial charge in [-0.15, -0.1) is 0 Å². The Labute approximate surface area is 113 Å². The highest BCUT2D eigenvalue weighted by Crippen LogP contribution is 2.43. The van der Waals surface area contributed by atoms with Gasteiger partial charge in [-0.1, -0.05) is 34.6 Å². The summed E-state index contributed by atoms with van der Waals surface area (Å²) in [7, 11) is 0. The Hall–Kier alpha value is -0.0800. The average molecular weight is 256 g/mol. The molecule has 1 aliphatic rings. The van der Waals surface area contributed by atoms with E-state index in [1.807, 2.05) is 6.92 Å². The van der Waals surface area contributed by atoms with Crippen molar-refractivity contribution < 1.29 is 9.84 Å². The molecule has 0 aromatic heterocycles. The van der Waals surface area contributed by atoms with E-state index in [9.17, 15) is 5.11 Å². The molecule has 0 aromatic carbocycles. The van der Waals surface area contributed by atoms with Crippen LogP contribution in [0.4, 0.5) is 0 Å². The lowest BCUT2D eigenvalue weighted by Crippen LogP contribution is -2.21. The highest BCUT2D eigenvalue weighted by atomic mass is 16.6. The largest absolute Gasteiger partial charge is 0.393 e. The van der Waals surface area contributed by atoms with Crippen LogP contribution in [0, 0.1) is 23.7 Å².